The SMILES string of the molecule is CC(C)c1c2ccccc2cc[n+]1Cc1ccccc1. The summed E-state index contributed by atoms with van der Waals surface area (Å²) in [6.07, 6.45) is 2.21. The first-order chi connectivity index (χ1) is 9.75. The molecule has 1 heteroatoms. The highest BCUT2D eigenvalue weighted by atomic mass is 15.0. The topological polar surface area (TPSA) is 3.88 Å². The van der Waals surface area contributed by atoms with E-state index in [1.807, 2.05) is 0 Å². The Labute approximate surface area is 120 Å². The van der Waals surface area contributed by atoms with E-state index < -0.39 is 0 Å². The van der Waals surface area contributed by atoms with E-state index in [1.54, 1.807) is 0 Å². The number of benzene rings is 2. The van der Waals surface area contributed by atoms with E-state index in [0.717, 1.165) is 6.54 Å². The Morgan fingerprint density at radius 2 is 1.55 bits per heavy atom. The van der Waals surface area contributed by atoms with Gasteiger partial charge in [0.05, 0.1) is 0 Å². The zero-order chi connectivity index (χ0) is 13.9. The number of pyridine rings is 1. The second kappa shape index (κ2) is 5.46. The molecule has 0 aliphatic carbocycles. The fourth-order valence-corrected chi connectivity index (χ4v) is 2.84. The van der Waals surface area contributed by atoms with Crippen molar-refractivity contribution in [2.75, 3.05) is 0 Å². The van der Waals surface area contributed by atoms with Crippen molar-refractivity contribution in [3.05, 3.63) is 78.1 Å². The van der Waals surface area contributed by atoms with Crippen LogP contribution in [0.3, 0.4) is 0 Å². The Hall–Kier alpha value is -2.15. The van der Waals surface area contributed by atoms with Gasteiger partial charge in [0.2, 0.25) is 0 Å². The Morgan fingerprint density at radius 3 is 2.30 bits per heavy atom. The predicted molar refractivity (Wildman–Crippen MR) is 83.8 cm³/mol. The maximum absolute atomic E-state index is 2.38. The van der Waals surface area contributed by atoms with E-state index in [2.05, 4.69) is 85.3 Å². The van der Waals surface area contributed by atoms with E-state index in [1.165, 1.54) is 22.0 Å². The molecule has 3 aromatic rings. The average Bonchev–Trinajstić information content (AvgIpc) is 2.47. The highest BCUT2D eigenvalue weighted by Crippen LogP contribution is 2.22. The molecule has 0 saturated heterocycles. The van der Waals surface area contributed by atoms with Gasteiger partial charge in [-0.15, -0.1) is 0 Å². The van der Waals surface area contributed by atoms with Crippen molar-refractivity contribution in [2.45, 2.75) is 26.3 Å². The van der Waals surface area contributed by atoms with Crippen LogP contribution in [0.1, 0.15) is 31.0 Å². The summed E-state index contributed by atoms with van der Waals surface area (Å²) in [6, 6.07) is 21.5. The monoisotopic (exact) mass is 262 g/mol. The van der Waals surface area contributed by atoms with Crippen molar-refractivity contribution in [3.8, 4) is 0 Å². The van der Waals surface area contributed by atoms with Gasteiger partial charge in [-0.1, -0.05) is 62.4 Å². The lowest BCUT2D eigenvalue weighted by molar-refractivity contribution is -0.695. The molecule has 0 aliphatic rings. The van der Waals surface area contributed by atoms with Crippen LogP contribution in [0.5, 0.6) is 0 Å². The van der Waals surface area contributed by atoms with Gasteiger partial charge in [0, 0.05) is 22.9 Å². The summed E-state index contributed by atoms with van der Waals surface area (Å²) in [7, 11) is 0. The molecule has 0 fully saturated rings. The molecule has 0 amide bonds. The standard InChI is InChI=1S/C19H20N/c1-15(2)19-18-11-7-6-10-17(18)12-13-20(19)14-16-8-4-3-5-9-16/h3-13,15H,14H2,1-2H3/q+1. The fourth-order valence-electron chi connectivity index (χ4n) is 2.84. The van der Waals surface area contributed by atoms with Crippen molar-refractivity contribution >= 4 is 10.8 Å². The number of rotatable bonds is 3. The van der Waals surface area contributed by atoms with Crippen molar-refractivity contribution in [3.63, 3.8) is 0 Å². The van der Waals surface area contributed by atoms with Crippen LogP contribution in [0.25, 0.3) is 10.8 Å². The minimum Gasteiger partial charge on any atom is -0.197 e. The molecule has 1 aromatic heterocycles. The van der Waals surface area contributed by atoms with E-state index in [0.29, 0.717) is 5.92 Å². The first kappa shape index (κ1) is 12.9. The predicted octanol–water partition coefficient (Wildman–Crippen LogP) is 4.30. The van der Waals surface area contributed by atoms with Gasteiger partial charge >= 0.3 is 0 Å². The van der Waals surface area contributed by atoms with Crippen LogP contribution in [0.15, 0.2) is 66.9 Å². The molecule has 0 atom stereocenters. The molecule has 0 saturated carbocycles. The first-order valence-corrected chi connectivity index (χ1v) is 7.21. The summed E-state index contributed by atoms with van der Waals surface area (Å²) in [4.78, 5) is 0. The van der Waals surface area contributed by atoms with Gasteiger partial charge in [0.15, 0.2) is 18.4 Å². The normalized spacial score (nSPS) is 11.2. The maximum Gasteiger partial charge on any atom is 0.192 e. The summed E-state index contributed by atoms with van der Waals surface area (Å²) >= 11 is 0. The molecule has 1 nitrogen and oxygen atoms in total. The minimum absolute atomic E-state index is 0.504. The van der Waals surface area contributed by atoms with Crippen molar-refractivity contribution in [1.82, 2.24) is 0 Å². The van der Waals surface area contributed by atoms with Crippen LogP contribution in [0.4, 0.5) is 0 Å². The number of hydrogen-bond donors (Lipinski definition) is 0. The molecule has 3 rings (SSSR count). The molecule has 0 N–H and O–H groups in total. The zero-order valence-corrected chi connectivity index (χ0v) is 12.1. The maximum atomic E-state index is 2.38. The molecule has 0 bridgehead atoms. The van der Waals surface area contributed by atoms with Crippen molar-refractivity contribution < 1.29 is 4.57 Å². The fraction of sp³-hybridized carbons (Fsp3) is 0.211. The number of fused-ring (bicyclic) bond motifs is 1. The van der Waals surface area contributed by atoms with E-state index in [-0.39, 0.29) is 0 Å². The van der Waals surface area contributed by atoms with Crippen LogP contribution in [0.2, 0.25) is 0 Å². The Morgan fingerprint density at radius 1 is 0.850 bits per heavy atom. The third-order valence-corrected chi connectivity index (χ3v) is 3.72. The van der Waals surface area contributed by atoms with Gasteiger partial charge in [-0.3, -0.25) is 0 Å². The molecular weight excluding hydrogens is 242 g/mol. The van der Waals surface area contributed by atoms with Gasteiger partial charge in [0.25, 0.3) is 0 Å². The van der Waals surface area contributed by atoms with Gasteiger partial charge in [0.1, 0.15) is 0 Å². The zero-order valence-electron chi connectivity index (χ0n) is 12.1. The van der Waals surface area contributed by atoms with Crippen molar-refractivity contribution in [2.24, 2.45) is 0 Å². The number of aromatic nitrogens is 1. The van der Waals surface area contributed by atoms with Gasteiger partial charge in [-0.25, -0.2) is 0 Å². The van der Waals surface area contributed by atoms with Crippen LogP contribution < -0.4 is 4.57 Å². The van der Waals surface area contributed by atoms with Crippen LogP contribution in [0, 0.1) is 0 Å². The second-order valence-corrected chi connectivity index (χ2v) is 5.56. The van der Waals surface area contributed by atoms with Crippen molar-refractivity contribution in [1.29, 1.82) is 0 Å². The van der Waals surface area contributed by atoms with Gasteiger partial charge in [-0.05, 0) is 11.5 Å². The minimum atomic E-state index is 0.504. The van der Waals surface area contributed by atoms with E-state index in [4.69, 9.17) is 0 Å². The van der Waals surface area contributed by atoms with E-state index in [9.17, 15) is 0 Å². The Balaban J connectivity index is 2.13. The summed E-state index contributed by atoms with van der Waals surface area (Å²) in [5.74, 6) is 0.504. The number of nitrogens with zero attached hydrogens (tertiary/aromatic N) is 1. The molecule has 100 valence electrons. The highest BCUT2D eigenvalue weighted by Gasteiger charge is 2.18. The molecular formula is C19H20N+. The lowest BCUT2D eigenvalue weighted by atomic mass is 10.0. The third-order valence-electron chi connectivity index (χ3n) is 3.72. The summed E-state index contributed by atoms with van der Waals surface area (Å²) in [5, 5.41) is 2.68. The average molecular weight is 262 g/mol. The molecule has 0 radical (unpaired) electrons. The Kier molecular flexibility index (Phi) is 3.51. The smallest absolute Gasteiger partial charge is 0.192 e. The molecule has 0 spiro atoms. The first-order valence-electron chi connectivity index (χ1n) is 7.21. The number of hydrogen-bond acceptors (Lipinski definition) is 0. The quantitative estimate of drug-likeness (QED) is 0.620. The Bertz CT molecular complexity index is 714. The highest BCUT2D eigenvalue weighted by molar-refractivity contribution is 5.83. The van der Waals surface area contributed by atoms with Crippen LogP contribution in [-0.4, -0.2) is 0 Å². The van der Waals surface area contributed by atoms with E-state index >= 15 is 0 Å². The molecule has 2 aromatic carbocycles. The largest absolute Gasteiger partial charge is 0.197 e. The molecule has 20 heavy (non-hydrogen) atoms. The third kappa shape index (κ3) is 2.44. The summed E-state index contributed by atoms with van der Waals surface area (Å²) < 4.78 is 2.38. The van der Waals surface area contributed by atoms with Crippen LogP contribution in [-0.2, 0) is 6.54 Å². The van der Waals surface area contributed by atoms with Gasteiger partial charge in [-0.2, -0.15) is 4.57 Å². The lowest BCUT2D eigenvalue weighted by Gasteiger charge is -2.10. The lowest BCUT2D eigenvalue weighted by Crippen LogP contribution is -2.39. The molecule has 0 unspecified atom stereocenters. The second-order valence-electron chi connectivity index (χ2n) is 5.56. The van der Waals surface area contributed by atoms with Gasteiger partial charge < -0.3 is 0 Å². The van der Waals surface area contributed by atoms with Crippen LogP contribution >= 0.6 is 0 Å². The molecule has 1 heterocycles. The summed E-state index contributed by atoms with van der Waals surface area (Å²) in [6.45, 7) is 5.46. The summed E-state index contributed by atoms with van der Waals surface area (Å²) in [5.41, 5.74) is 2.75. The molecule has 0 aliphatic heterocycles.